The van der Waals surface area contributed by atoms with Crippen molar-refractivity contribution in [1.29, 1.82) is 0 Å². The van der Waals surface area contributed by atoms with E-state index in [-0.39, 0.29) is 12.5 Å². The van der Waals surface area contributed by atoms with Gasteiger partial charge in [0.05, 0.1) is 7.11 Å². The maximum Gasteiger partial charge on any atom is 0.257 e. The van der Waals surface area contributed by atoms with Crippen LogP contribution in [0.2, 0.25) is 5.02 Å². The average molecular weight is 360 g/mol. The molecular formula is C20H22ClNO3. The molecule has 0 unspecified atom stereocenters. The van der Waals surface area contributed by atoms with Gasteiger partial charge < -0.3 is 14.8 Å². The van der Waals surface area contributed by atoms with Crippen LogP contribution in [-0.4, -0.2) is 26.2 Å². The summed E-state index contributed by atoms with van der Waals surface area (Å²) >= 11 is 5.94. The molecule has 0 atom stereocenters. The van der Waals surface area contributed by atoms with Gasteiger partial charge in [0.15, 0.2) is 18.1 Å². The molecule has 25 heavy (non-hydrogen) atoms. The molecule has 0 saturated heterocycles. The van der Waals surface area contributed by atoms with Gasteiger partial charge in [-0.25, -0.2) is 0 Å². The van der Waals surface area contributed by atoms with Crippen LogP contribution in [-0.2, 0) is 17.6 Å². The minimum Gasteiger partial charge on any atom is -0.493 e. The zero-order valence-corrected chi connectivity index (χ0v) is 15.0. The Morgan fingerprint density at radius 3 is 2.76 bits per heavy atom. The summed E-state index contributed by atoms with van der Waals surface area (Å²) in [4.78, 5) is 11.9. The Bertz CT molecular complexity index is 731. The first-order valence-electron chi connectivity index (χ1n) is 8.04. The van der Waals surface area contributed by atoms with Crippen LogP contribution in [0, 0.1) is 0 Å². The van der Waals surface area contributed by atoms with Crippen molar-refractivity contribution in [2.75, 3.05) is 20.3 Å². The third-order valence-corrected chi connectivity index (χ3v) is 3.83. The number of carbonyl (C=O) groups excluding carboxylic acids is 1. The molecule has 0 aliphatic rings. The predicted octanol–water partition coefficient (Wildman–Crippen LogP) is 3.81. The molecule has 2 aromatic rings. The number of amides is 1. The van der Waals surface area contributed by atoms with Crippen LogP contribution in [0.25, 0.3) is 0 Å². The first-order valence-corrected chi connectivity index (χ1v) is 8.42. The molecule has 2 rings (SSSR count). The van der Waals surface area contributed by atoms with Crippen molar-refractivity contribution in [2.24, 2.45) is 0 Å². The van der Waals surface area contributed by atoms with E-state index in [2.05, 4.69) is 11.9 Å². The topological polar surface area (TPSA) is 47.6 Å². The number of halogens is 1. The summed E-state index contributed by atoms with van der Waals surface area (Å²) in [5, 5.41) is 3.52. The summed E-state index contributed by atoms with van der Waals surface area (Å²) in [6.07, 6.45) is 3.29. The summed E-state index contributed by atoms with van der Waals surface area (Å²) in [5.41, 5.74) is 2.15. The molecule has 1 N–H and O–H groups in total. The summed E-state index contributed by atoms with van der Waals surface area (Å²) < 4.78 is 10.9. The predicted molar refractivity (Wildman–Crippen MR) is 101 cm³/mol. The van der Waals surface area contributed by atoms with E-state index in [1.807, 2.05) is 42.5 Å². The van der Waals surface area contributed by atoms with Gasteiger partial charge in [-0.15, -0.1) is 6.58 Å². The second kappa shape index (κ2) is 9.74. The third-order valence-electron chi connectivity index (χ3n) is 3.59. The molecule has 4 nitrogen and oxygen atoms in total. The van der Waals surface area contributed by atoms with Gasteiger partial charge in [-0.3, -0.25) is 4.79 Å². The Kier molecular flexibility index (Phi) is 7.36. The highest BCUT2D eigenvalue weighted by Crippen LogP contribution is 2.28. The van der Waals surface area contributed by atoms with Crippen molar-refractivity contribution in [3.63, 3.8) is 0 Å². The lowest BCUT2D eigenvalue weighted by molar-refractivity contribution is -0.123. The minimum atomic E-state index is -0.181. The van der Waals surface area contributed by atoms with Crippen molar-refractivity contribution in [1.82, 2.24) is 5.32 Å². The van der Waals surface area contributed by atoms with Crippen molar-refractivity contribution in [2.45, 2.75) is 12.8 Å². The van der Waals surface area contributed by atoms with Crippen LogP contribution in [0.3, 0.4) is 0 Å². The van der Waals surface area contributed by atoms with Gasteiger partial charge in [-0.05, 0) is 48.2 Å². The van der Waals surface area contributed by atoms with E-state index in [0.29, 0.717) is 29.5 Å². The number of hydrogen-bond acceptors (Lipinski definition) is 3. The van der Waals surface area contributed by atoms with E-state index in [0.717, 1.165) is 17.5 Å². The smallest absolute Gasteiger partial charge is 0.257 e. The van der Waals surface area contributed by atoms with E-state index in [1.165, 1.54) is 0 Å². The highest BCUT2D eigenvalue weighted by atomic mass is 35.5. The monoisotopic (exact) mass is 359 g/mol. The number of rotatable bonds is 9. The number of benzene rings is 2. The van der Waals surface area contributed by atoms with Crippen molar-refractivity contribution < 1.29 is 14.3 Å². The maximum atomic E-state index is 11.9. The van der Waals surface area contributed by atoms with Gasteiger partial charge in [-0.1, -0.05) is 35.9 Å². The zero-order valence-electron chi connectivity index (χ0n) is 14.3. The molecule has 0 aliphatic carbocycles. The van der Waals surface area contributed by atoms with Gasteiger partial charge in [0.25, 0.3) is 5.91 Å². The SMILES string of the molecule is C=CCc1ccc(OCC(=O)NCCc2cccc(Cl)c2)c(OC)c1. The molecule has 5 heteroatoms. The molecule has 0 saturated carbocycles. The molecule has 0 fully saturated rings. The normalized spacial score (nSPS) is 10.2. The van der Waals surface area contributed by atoms with Crippen LogP contribution < -0.4 is 14.8 Å². The van der Waals surface area contributed by atoms with E-state index in [1.54, 1.807) is 13.2 Å². The fraction of sp³-hybridized carbons (Fsp3) is 0.250. The van der Waals surface area contributed by atoms with Crippen molar-refractivity contribution in [3.8, 4) is 11.5 Å². The molecule has 132 valence electrons. The number of hydrogen-bond donors (Lipinski definition) is 1. The Labute approximate surface area is 153 Å². The summed E-state index contributed by atoms with van der Waals surface area (Å²) in [5.74, 6) is 0.964. The summed E-state index contributed by atoms with van der Waals surface area (Å²) in [7, 11) is 1.57. The number of ether oxygens (including phenoxy) is 2. The fourth-order valence-electron chi connectivity index (χ4n) is 2.36. The second-order valence-electron chi connectivity index (χ2n) is 5.50. The number of methoxy groups -OCH3 is 1. The van der Waals surface area contributed by atoms with E-state index < -0.39 is 0 Å². The van der Waals surface area contributed by atoms with Crippen LogP contribution in [0.5, 0.6) is 11.5 Å². The largest absolute Gasteiger partial charge is 0.493 e. The Balaban J connectivity index is 1.80. The van der Waals surface area contributed by atoms with Crippen LogP contribution in [0.4, 0.5) is 0 Å². The van der Waals surface area contributed by atoms with Crippen LogP contribution in [0.15, 0.2) is 55.1 Å². The summed E-state index contributed by atoms with van der Waals surface area (Å²) in [6.45, 7) is 4.18. The lowest BCUT2D eigenvalue weighted by Crippen LogP contribution is -2.30. The maximum absolute atomic E-state index is 11.9. The number of carbonyl (C=O) groups is 1. The molecule has 2 aromatic carbocycles. The quantitative estimate of drug-likeness (QED) is 0.692. The van der Waals surface area contributed by atoms with Crippen molar-refractivity contribution in [3.05, 3.63) is 71.3 Å². The number of allylic oxidation sites excluding steroid dienone is 1. The van der Waals surface area contributed by atoms with Gasteiger partial charge in [0.1, 0.15) is 0 Å². The molecule has 0 radical (unpaired) electrons. The van der Waals surface area contributed by atoms with Gasteiger partial charge in [-0.2, -0.15) is 0 Å². The molecule has 0 aliphatic heterocycles. The van der Waals surface area contributed by atoms with E-state index in [9.17, 15) is 4.79 Å². The fourth-order valence-corrected chi connectivity index (χ4v) is 2.57. The standard InChI is InChI=1S/C20H22ClNO3/c1-3-5-15-8-9-18(19(13-15)24-2)25-14-20(23)22-11-10-16-6-4-7-17(21)12-16/h3-4,6-9,12-13H,1,5,10-11,14H2,2H3,(H,22,23). The lowest BCUT2D eigenvalue weighted by Gasteiger charge is -2.12. The zero-order chi connectivity index (χ0) is 18.1. The van der Waals surface area contributed by atoms with Gasteiger partial charge in [0.2, 0.25) is 0 Å². The minimum absolute atomic E-state index is 0.0628. The van der Waals surface area contributed by atoms with Crippen LogP contribution >= 0.6 is 11.6 Å². The first kappa shape index (κ1) is 18.9. The van der Waals surface area contributed by atoms with Gasteiger partial charge >= 0.3 is 0 Å². The Morgan fingerprint density at radius 2 is 2.04 bits per heavy atom. The highest BCUT2D eigenvalue weighted by Gasteiger charge is 2.08. The molecule has 0 bridgehead atoms. The lowest BCUT2D eigenvalue weighted by atomic mass is 10.1. The van der Waals surface area contributed by atoms with E-state index >= 15 is 0 Å². The highest BCUT2D eigenvalue weighted by molar-refractivity contribution is 6.30. The molecule has 0 spiro atoms. The van der Waals surface area contributed by atoms with Crippen molar-refractivity contribution >= 4 is 17.5 Å². The third kappa shape index (κ3) is 6.16. The van der Waals surface area contributed by atoms with Crippen LogP contribution in [0.1, 0.15) is 11.1 Å². The molecule has 0 aromatic heterocycles. The van der Waals surface area contributed by atoms with Gasteiger partial charge in [0, 0.05) is 11.6 Å². The Morgan fingerprint density at radius 1 is 1.20 bits per heavy atom. The first-order chi connectivity index (χ1) is 12.1. The molecule has 1 amide bonds. The Hall–Kier alpha value is -2.46. The molecular weight excluding hydrogens is 338 g/mol. The van der Waals surface area contributed by atoms with E-state index in [4.69, 9.17) is 21.1 Å². The molecule has 0 heterocycles. The second-order valence-corrected chi connectivity index (χ2v) is 5.93. The summed E-state index contributed by atoms with van der Waals surface area (Å²) in [6, 6.07) is 13.2. The average Bonchev–Trinajstić information content (AvgIpc) is 2.61. The number of nitrogens with one attached hydrogen (secondary N) is 1.